The number of allylic oxidation sites excluding steroid dienone is 2. The van der Waals surface area contributed by atoms with Gasteiger partial charge in [-0.15, -0.1) is 0 Å². The molecule has 2 rings (SSSR count). The van der Waals surface area contributed by atoms with Gasteiger partial charge in [-0.25, -0.2) is 9.59 Å². The van der Waals surface area contributed by atoms with Crippen LogP contribution in [0.1, 0.15) is 27.7 Å². The Morgan fingerprint density at radius 2 is 1.18 bits per heavy atom. The lowest BCUT2D eigenvalue weighted by molar-refractivity contribution is -0.138. The van der Waals surface area contributed by atoms with Crippen molar-refractivity contribution in [1.29, 1.82) is 0 Å². The predicted octanol–water partition coefficient (Wildman–Crippen LogP) is 4.60. The first kappa shape index (κ1) is 21.0. The van der Waals surface area contributed by atoms with Gasteiger partial charge < -0.3 is 20.1 Å². The summed E-state index contributed by atoms with van der Waals surface area (Å²) in [4.78, 5) is 23.2. The second-order valence-electron chi connectivity index (χ2n) is 6.12. The van der Waals surface area contributed by atoms with Gasteiger partial charge in [0.2, 0.25) is 0 Å². The molecule has 6 nitrogen and oxygen atoms in total. The Bertz CT molecular complexity index is 841. The molecule has 2 aromatic carbocycles. The minimum absolute atomic E-state index is 0.338. The molecule has 28 heavy (non-hydrogen) atoms. The maximum absolute atomic E-state index is 11.6. The molecule has 148 valence electrons. The van der Waals surface area contributed by atoms with Crippen LogP contribution in [0.25, 0.3) is 10.8 Å². The molecule has 0 aromatic heterocycles. The zero-order valence-corrected chi connectivity index (χ0v) is 16.7. The first-order valence-corrected chi connectivity index (χ1v) is 9.20. The molecule has 2 aromatic rings. The van der Waals surface area contributed by atoms with E-state index >= 15 is 0 Å². The monoisotopic (exact) mass is 382 g/mol. The maximum Gasteiger partial charge on any atom is 0.332 e. The molecule has 0 heterocycles. The predicted molar refractivity (Wildman–Crippen MR) is 112 cm³/mol. The summed E-state index contributed by atoms with van der Waals surface area (Å²) >= 11 is 0. The van der Waals surface area contributed by atoms with Crippen LogP contribution < -0.4 is 10.6 Å². The van der Waals surface area contributed by atoms with Gasteiger partial charge in [0.25, 0.3) is 0 Å². The molecule has 2 N–H and O–H groups in total. The highest BCUT2D eigenvalue weighted by Crippen LogP contribution is 2.30. The molecule has 0 aliphatic heterocycles. The number of carbonyl (C=O) groups is 2. The van der Waals surface area contributed by atoms with Crippen molar-refractivity contribution in [2.24, 2.45) is 0 Å². The van der Waals surface area contributed by atoms with E-state index in [1.165, 1.54) is 12.2 Å². The van der Waals surface area contributed by atoms with Crippen molar-refractivity contribution < 1.29 is 19.1 Å². The Balaban J connectivity index is 2.29. The SMILES string of the molecule is CCOC(=O)/C=C(\C)Nc1cccc2c(N/C(C)=C/C(=O)OCC)cccc12. The van der Waals surface area contributed by atoms with Crippen molar-refractivity contribution in [1.82, 2.24) is 0 Å². The first-order valence-electron chi connectivity index (χ1n) is 9.20. The number of anilines is 2. The molecular weight excluding hydrogens is 356 g/mol. The van der Waals surface area contributed by atoms with E-state index in [9.17, 15) is 9.59 Å². The van der Waals surface area contributed by atoms with Crippen LogP contribution in [0, 0.1) is 0 Å². The molecule has 0 radical (unpaired) electrons. The average Bonchev–Trinajstić information content (AvgIpc) is 2.62. The van der Waals surface area contributed by atoms with Gasteiger partial charge in [0.15, 0.2) is 0 Å². The van der Waals surface area contributed by atoms with Gasteiger partial charge in [-0.05, 0) is 39.8 Å². The summed E-state index contributed by atoms with van der Waals surface area (Å²) in [5.74, 6) is -0.760. The smallest absolute Gasteiger partial charge is 0.332 e. The summed E-state index contributed by atoms with van der Waals surface area (Å²) in [6.45, 7) is 7.83. The number of carbonyl (C=O) groups excluding carboxylic acids is 2. The van der Waals surface area contributed by atoms with Gasteiger partial charge in [0.05, 0.1) is 13.2 Å². The molecule has 0 aliphatic rings. The van der Waals surface area contributed by atoms with E-state index in [1.54, 1.807) is 13.8 Å². The van der Waals surface area contributed by atoms with Crippen LogP contribution in [0.2, 0.25) is 0 Å². The summed E-state index contributed by atoms with van der Waals surface area (Å²) in [6.07, 6.45) is 2.85. The van der Waals surface area contributed by atoms with Crippen molar-refractivity contribution in [3.05, 3.63) is 59.9 Å². The highest BCUT2D eigenvalue weighted by molar-refractivity contribution is 6.02. The number of fused-ring (bicyclic) bond motifs is 1. The lowest BCUT2D eigenvalue weighted by Gasteiger charge is -2.14. The highest BCUT2D eigenvalue weighted by Gasteiger charge is 2.07. The number of rotatable bonds is 8. The van der Waals surface area contributed by atoms with E-state index in [-0.39, 0.29) is 11.9 Å². The minimum Gasteiger partial charge on any atom is -0.463 e. The zero-order valence-electron chi connectivity index (χ0n) is 16.7. The summed E-state index contributed by atoms with van der Waals surface area (Å²) in [5.41, 5.74) is 3.10. The van der Waals surface area contributed by atoms with Crippen LogP contribution >= 0.6 is 0 Å². The average molecular weight is 382 g/mol. The van der Waals surface area contributed by atoms with E-state index in [0.717, 1.165) is 22.1 Å². The third-order valence-electron chi connectivity index (χ3n) is 3.83. The van der Waals surface area contributed by atoms with Crippen LogP contribution in [-0.4, -0.2) is 25.2 Å². The lowest BCUT2D eigenvalue weighted by Crippen LogP contribution is -2.05. The number of esters is 2. The first-order chi connectivity index (χ1) is 13.4. The Labute approximate surface area is 165 Å². The second kappa shape index (κ2) is 10.2. The molecule has 0 spiro atoms. The van der Waals surface area contributed by atoms with E-state index in [1.807, 2.05) is 50.2 Å². The molecule has 0 saturated carbocycles. The number of hydrogen-bond acceptors (Lipinski definition) is 6. The summed E-state index contributed by atoms with van der Waals surface area (Å²) in [6, 6.07) is 11.7. The molecule has 0 saturated heterocycles. The molecular formula is C22H26N2O4. The van der Waals surface area contributed by atoms with Crippen LogP contribution in [0.4, 0.5) is 11.4 Å². The number of ether oxygens (including phenoxy) is 2. The normalized spacial score (nSPS) is 11.9. The van der Waals surface area contributed by atoms with Crippen LogP contribution in [0.5, 0.6) is 0 Å². The summed E-state index contributed by atoms with van der Waals surface area (Å²) < 4.78 is 9.88. The Hall–Kier alpha value is -3.28. The fourth-order valence-corrected chi connectivity index (χ4v) is 2.75. The number of benzene rings is 2. The third kappa shape index (κ3) is 5.87. The second-order valence-corrected chi connectivity index (χ2v) is 6.12. The van der Waals surface area contributed by atoms with E-state index in [0.29, 0.717) is 24.6 Å². The Kier molecular flexibility index (Phi) is 7.63. The number of hydrogen-bond donors (Lipinski definition) is 2. The maximum atomic E-state index is 11.6. The van der Waals surface area contributed by atoms with Crippen LogP contribution in [0.3, 0.4) is 0 Å². The fraction of sp³-hybridized carbons (Fsp3) is 0.273. The van der Waals surface area contributed by atoms with Crippen LogP contribution in [-0.2, 0) is 19.1 Å². The molecule has 0 unspecified atom stereocenters. The number of nitrogens with one attached hydrogen (secondary N) is 2. The van der Waals surface area contributed by atoms with Crippen molar-refractivity contribution in [2.75, 3.05) is 23.8 Å². The van der Waals surface area contributed by atoms with Crippen molar-refractivity contribution in [2.45, 2.75) is 27.7 Å². The molecule has 0 bridgehead atoms. The van der Waals surface area contributed by atoms with Crippen molar-refractivity contribution >= 4 is 34.1 Å². The fourth-order valence-electron chi connectivity index (χ4n) is 2.75. The van der Waals surface area contributed by atoms with Gasteiger partial charge >= 0.3 is 11.9 Å². The van der Waals surface area contributed by atoms with Gasteiger partial charge in [0.1, 0.15) is 0 Å². The molecule has 0 aliphatic carbocycles. The quantitative estimate of drug-likeness (QED) is 0.513. The van der Waals surface area contributed by atoms with Crippen molar-refractivity contribution in [3.63, 3.8) is 0 Å². The van der Waals surface area contributed by atoms with E-state index < -0.39 is 0 Å². The minimum atomic E-state index is -0.380. The molecule has 0 fully saturated rings. The van der Waals surface area contributed by atoms with E-state index in [4.69, 9.17) is 9.47 Å². The van der Waals surface area contributed by atoms with Gasteiger partial charge in [0, 0.05) is 45.7 Å². The summed E-state index contributed by atoms with van der Waals surface area (Å²) in [7, 11) is 0. The Morgan fingerprint density at radius 1 is 0.786 bits per heavy atom. The third-order valence-corrected chi connectivity index (χ3v) is 3.83. The highest BCUT2D eigenvalue weighted by atomic mass is 16.5. The van der Waals surface area contributed by atoms with Crippen molar-refractivity contribution in [3.8, 4) is 0 Å². The zero-order chi connectivity index (χ0) is 20.5. The molecule has 6 heteroatoms. The van der Waals surface area contributed by atoms with Gasteiger partial charge in [-0.1, -0.05) is 24.3 Å². The van der Waals surface area contributed by atoms with Crippen LogP contribution in [0.15, 0.2) is 59.9 Å². The lowest BCUT2D eigenvalue weighted by atomic mass is 10.1. The topological polar surface area (TPSA) is 76.7 Å². The molecule has 0 atom stereocenters. The standard InChI is InChI=1S/C22H26N2O4/c1-5-27-21(25)13-15(3)23-19-11-7-10-18-17(19)9-8-12-20(18)24-16(4)14-22(26)28-6-2/h7-14,23-24H,5-6H2,1-4H3/b15-13+,16-14+. The largest absolute Gasteiger partial charge is 0.463 e. The Morgan fingerprint density at radius 3 is 1.54 bits per heavy atom. The van der Waals surface area contributed by atoms with Gasteiger partial charge in [-0.3, -0.25) is 0 Å². The van der Waals surface area contributed by atoms with Gasteiger partial charge in [-0.2, -0.15) is 0 Å². The molecule has 0 amide bonds. The van der Waals surface area contributed by atoms with E-state index in [2.05, 4.69) is 10.6 Å². The summed E-state index contributed by atoms with van der Waals surface area (Å²) in [5, 5.41) is 8.45.